The Balaban J connectivity index is 1.60. The SMILES string of the molecule is CCCCCCCCCCCOc1cccc(CCC(=O)N2CC[C@@H](OP(=O)(O)O)C2)c1. The minimum absolute atomic E-state index is 0.0252. The van der Waals surface area contributed by atoms with Crippen LogP contribution in [0.5, 0.6) is 5.75 Å². The Kier molecular flexibility index (Phi) is 12.3. The summed E-state index contributed by atoms with van der Waals surface area (Å²) >= 11 is 0. The van der Waals surface area contributed by atoms with Crippen molar-refractivity contribution in [1.29, 1.82) is 0 Å². The number of phosphoric acid groups is 1. The number of carbonyl (C=O) groups excluding carboxylic acids is 1. The molecule has 7 nitrogen and oxygen atoms in total. The summed E-state index contributed by atoms with van der Waals surface area (Å²) in [5.41, 5.74) is 1.05. The number of hydrogen-bond acceptors (Lipinski definition) is 4. The van der Waals surface area contributed by atoms with Crippen molar-refractivity contribution in [3.63, 3.8) is 0 Å². The number of ether oxygens (including phenoxy) is 1. The van der Waals surface area contributed by atoms with Gasteiger partial charge in [0.15, 0.2) is 0 Å². The van der Waals surface area contributed by atoms with Gasteiger partial charge in [0, 0.05) is 19.5 Å². The third-order valence-electron chi connectivity index (χ3n) is 5.83. The van der Waals surface area contributed by atoms with Crippen LogP contribution < -0.4 is 4.74 Å². The first kappa shape index (κ1) is 26.8. The van der Waals surface area contributed by atoms with Crippen LogP contribution in [-0.4, -0.2) is 46.4 Å². The van der Waals surface area contributed by atoms with Gasteiger partial charge in [-0.25, -0.2) is 4.57 Å². The third-order valence-corrected chi connectivity index (χ3v) is 6.40. The van der Waals surface area contributed by atoms with E-state index in [-0.39, 0.29) is 12.5 Å². The number of unbranched alkanes of at least 4 members (excludes halogenated alkanes) is 8. The summed E-state index contributed by atoms with van der Waals surface area (Å²) < 4.78 is 21.5. The maximum absolute atomic E-state index is 12.4. The molecule has 1 fully saturated rings. The Bertz CT molecular complexity index is 722. The summed E-state index contributed by atoms with van der Waals surface area (Å²) in [7, 11) is -4.52. The Morgan fingerprint density at radius 2 is 1.78 bits per heavy atom. The van der Waals surface area contributed by atoms with E-state index in [9.17, 15) is 9.36 Å². The van der Waals surface area contributed by atoms with Crippen LogP contribution in [0.3, 0.4) is 0 Å². The second-order valence-corrected chi connectivity index (χ2v) is 9.86. The number of nitrogens with zero attached hydrogens (tertiary/aromatic N) is 1. The minimum atomic E-state index is -4.52. The second-order valence-electron chi connectivity index (χ2n) is 8.67. The fourth-order valence-electron chi connectivity index (χ4n) is 4.04. The largest absolute Gasteiger partial charge is 0.494 e. The van der Waals surface area contributed by atoms with E-state index < -0.39 is 13.9 Å². The van der Waals surface area contributed by atoms with Gasteiger partial charge in [0.25, 0.3) is 0 Å². The van der Waals surface area contributed by atoms with E-state index in [1.54, 1.807) is 4.90 Å². The van der Waals surface area contributed by atoms with Gasteiger partial charge in [-0.2, -0.15) is 0 Å². The molecule has 0 bridgehead atoms. The molecular formula is C24H40NO6P. The lowest BCUT2D eigenvalue weighted by atomic mass is 10.1. The predicted octanol–water partition coefficient (Wildman–Crippen LogP) is 5.24. The number of hydrogen-bond donors (Lipinski definition) is 2. The zero-order valence-electron chi connectivity index (χ0n) is 19.4. The fraction of sp³-hybridized carbons (Fsp3) is 0.708. The van der Waals surface area contributed by atoms with Crippen molar-refractivity contribution in [2.45, 2.75) is 90.1 Å². The minimum Gasteiger partial charge on any atom is -0.494 e. The van der Waals surface area contributed by atoms with Crippen LogP contribution in [0.2, 0.25) is 0 Å². The average Bonchev–Trinajstić information content (AvgIpc) is 3.20. The van der Waals surface area contributed by atoms with Crippen LogP contribution in [0.4, 0.5) is 0 Å². The van der Waals surface area contributed by atoms with Gasteiger partial charge in [-0.3, -0.25) is 9.32 Å². The van der Waals surface area contributed by atoms with Crippen molar-refractivity contribution >= 4 is 13.7 Å². The van der Waals surface area contributed by atoms with Crippen molar-refractivity contribution in [1.82, 2.24) is 4.90 Å². The highest BCUT2D eigenvalue weighted by Gasteiger charge is 2.31. The number of carbonyl (C=O) groups is 1. The van der Waals surface area contributed by atoms with E-state index in [0.717, 1.165) is 17.7 Å². The van der Waals surface area contributed by atoms with E-state index in [4.69, 9.17) is 19.0 Å². The van der Waals surface area contributed by atoms with Gasteiger partial charge in [0.05, 0.1) is 12.7 Å². The lowest BCUT2D eigenvalue weighted by molar-refractivity contribution is -0.130. The van der Waals surface area contributed by atoms with E-state index >= 15 is 0 Å². The van der Waals surface area contributed by atoms with E-state index in [1.807, 2.05) is 24.3 Å². The molecule has 0 spiro atoms. The smallest absolute Gasteiger partial charge is 0.469 e. The van der Waals surface area contributed by atoms with Crippen molar-refractivity contribution in [3.8, 4) is 5.75 Å². The molecule has 1 aromatic rings. The van der Waals surface area contributed by atoms with Crippen LogP contribution in [-0.2, 0) is 20.3 Å². The molecule has 1 heterocycles. The normalized spacial score (nSPS) is 16.5. The molecule has 182 valence electrons. The van der Waals surface area contributed by atoms with Gasteiger partial charge in [-0.1, -0.05) is 70.4 Å². The lowest BCUT2D eigenvalue weighted by Crippen LogP contribution is -2.30. The molecule has 0 radical (unpaired) electrons. The van der Waals surface area contributed by atoms with Gasteiger partial charge in [0.1, 0.15) is 5.75 Å². The Morgan fingerprint density at radius 1 is 1.09 bits per heavy atom. The van der Waals surface area contributed by atoms with Crippen LogP contribution in [0.25, 0.3) is 0 Å². The number of benzene rings is 1. The predicted molar refractivity (Wildman–Crippen MR) is 126 cm³/mol. The molecule has 32 heavy (non-hydrogen) atoms. The highest BCUT2D eigenvalue weighted by atomic mass is 31.2. The number of amides is 1. The second kappa shape index (κ2) is 14.7. The van der Waals surface area contributed by atoms with Crippen LogP contribution >= 0.6 is 7.82 Å². The average molecular weight is 470 g/mol. The fourth-order valence-corrected chi connectivity index (χ4v) is 4.60. The lowest BCUT2D eigenvalue weighted by Gasteiger charge is -2.17. The van der Waals surface area contributed by atoms with Crippen molar-refractivity contribution < 1.29 is 28.4 Å². The van der Waals surface area contributed by atoms with Crippen molar-refractivity contribution in [3.05, 3.63) is 29.8 Å². The highest BCUT2D eigenvalue weighted by Crippen LogP contribution is 2.39. The molecule has 0 aliphatic carbocycles. The molecule has 2 N–H and O–H groups in total. The molecule has 8 heteroatoms. The third kappa shape index (κ3) is 11.5. The molecular weight excluding hydrogens is 429 g/mol. The van der Waals surface area contributed by atoms with Gasteiger partial charge in [-0.15, -0.1) is 0 Å². The van der Waals surface area contributed by atoms with Crippen LogP contribution in [0.15, 0.2) is 24.3 Å². The van der Waals surface area contributed by atoms with E-state index in [2.05, 4.69) is 6.92 Å². The zero-order chi connectivity index (χ0) is 23.2. The quantitative estimate of drug-likeness (QED) is 0.254. The van der Waals surface area contributed by atoms with Crippen LogP contribution in [0.1, 0.15) is 83.1 Å². The number of rotatable bonds is 16. The first-order chi connectivity index (χ1) is 15.4. The maximum Gasteiger partial charge on any atom is 0.469 e. The van der Waals surface area contributed by atoms with E-state index in [0.29, 0.717) is 32.4 Å². The van der Waals surface area contributed by atoms with Gasteiger partial charge >= 0.3 is 7.82 Å². The molecule has 1 aromatic carbocycles. The molecule has 1 amide bonds. The summed E-state index contributed by atoms with van der Waals surface area (Å²) in [5, 5.41) is 0. The number of phosphoric ester groups is 1. The molecule has 0 unspecified atom stereocenters. The van der Waals surface area contributed by atoms with Crippen molar-refractivity contribution in [2.75, 3.05) is 19.7 Å². The Labute approximate surface area is 192 Å². The molecule has 1 aliphatic rings. The molecule has 1 aliphatic heterocycles. The molecule has 1 saturated heterocycles. The zero-order valence-corrected chi connectivity index (χ0v) is 20.3. The topological polar surface area (TPSA) is 96.3 Å². The molecule has 2 rings (SSSR count). The summed E-state index contributed by atoms with van der Waals surface area (Å²) in [6.45, 7) is 3.65. The summed E-state index contributed by atoms with van der Waals surface area (Å²) in [5.74, 6) is 0.814. The van der Waals surface area contributed by atoms with E-state index in [1.165, 1.54) is 51.4 Å². The Hall–Kier alpha value is -1.40. The number of aryl methyl sites for hydroxylation is 1. The molecule has 1 atom stereocenters. The molecule has 0 saturated carbocycles. The number of likely N-dealkylation sites (tertiary alicyclic amines) is 1. The first-order valence-electron chi connectivity index (χ1n) is 12.1. The highest BCUT2D eigenvalue weighted by molar-refractivity contribution is 7.46. The molecule has 0 aromatic heterocycles. The summed E-state index contributed by atoms with van der Waals surface area (Å²) in [6, 6.07) is 7.88. The monoisotopic (exact) mass is 469 g/mol. The Morgan fingerprint density at radius 3 is 2.47 bits per heavy atom. The maximum atomic E-state index is 12.4. The summed E-state index contributed by atoms with van der Waals surface area (Å²) in [6.07, 6.45) is 12.4. The van der Waals surface area contributed by atoms with Crippen LogP contribution in [0, 0.1) is 0 Å². The standard InChI is InChI=1S/C24H40NO6P/c1-2-3-4-5-6-7-8-9-10-18-30-22-13-11-12-21(19-22)14-15-24(26)25-17-16-23(20-25)31-32(27,28)29/h11-13,19,23H,2-10,14-18,20H2,1H3,(H2,27,28,29)/t23-/m1/s1. The van der Waals surface area contributed by atoms with Gasteiger partial charge in [0.2, 0.25) is 5.91 Å². The first-order valence-corrected chi connectivity index (χ1v) is 13.6. The van der Waals surface area contributed by atoms with Gasteiger partial charge in [-0.05, 0) is 37.0 Å². The summed E-state index contributed by atoms with van der Waals surface area (Å²) in [4.78, 5) is 31.9. The van der Waals surface area contributed by atoms with Gasteiger partial charge < -0.3 is 19.4 Å². The van der Waals surface area contributed by atoms with Crippen molar-refractivity contribution in [2.24, 2.45) is 0 Å².